The Hall–Kier alpha value is -0.290. The highest BCUT2D eigenvalue weighted by atomic mass is 19.4. The summed E-state index contributed by atoms with van der Waals surface area (Å²) < 4.78 is 35.9. The van der Waals surface area contributed by atoms with Crippen LogP contribution in [-0.4, -0.2) is 24.8 Å². The van der Waals surface area contributed by atoms with Crippen LogP contribution in [0.5, 0.6) is 0 Å². The SMILES string of the molecule is NCC(NC1CC1)C(F)(F)F. The molecule has 0 aromatic rings. The number of rotatable bonds is 3. The highest BCUT2D eigenvalue weighted by molar-refractivity contribution is 4.88. The first-order valence-corrected chi connectivity index (χ1v) is 3.57. The lowest BCUT2D eigenvalue weighted by Gasteiger charge is -2.19. The van der Waals surface area contributed by atoms with Gasteiger partial charge in [0, 0.05) is 12.6 Å². The van der Waals surface area contributed by atoms with Crippen molar-refractivity contribution in [2.75, 3.05) is 6.54 Å². The minimum atomic E-state index is -4.20. The molecule has 0 radical (unpaired) electrons. The predicted octanol–water partition coefficient (Wildman–Crippen LogP) is 0.628. The molecule has 5 heteroatoms. The zero-order chi connectivity index (χ0) is 8.48. The van der Waals surface area contributed by atoms with Crippen LogP contribution >= 0.6 is 0 Å². The monoisotopic (exact) mass is 168 g/mol. The van der Waals surface area contributed by atoms with Crippen molar-refractivity contribution in [2.24, 2.45) is 5.73 Å². The second-order valence-corrected chi connectivity index (χ2v) is 2.77. The highest BCUT2D eigenvalue weighted by Crippen LogP contribution is 2.25. The van der Waals surface area contributed by atoms with Gasteiger partial charge in [-0.25, -0.2) is 0 Å². The Balaban J connectivity index is 2.34. The molecule has 0 amide bonds. The van der Waals surface area contributed by atoms with Gasteiger partial charge < -0.3 is 11.1 Å². The minimum absolute atomic E-state index is 0.0465. The Morgan fingerprint density at radius 3 is 2.27 bits per heavy atom. The maximum Gasteiger partial charge on any atom is 0.405 e. The standard InChI is InChI=1S/C6H11F3N2/c7-6(8,9)5(3-10)11-4-1-2-4/h4-5,11H,1-3,10H2. The van der Waals surface area contributed by atoms with Crippen LogP contribution in [0.4, 0.5) is 13.2 Å². The summed E-state index contributed by atoms with van der Waals surface area (Å²) in [7, 11) is 0. The third-order valence-corrected chi connectivity index (χ3v) is 1.65. The summed E-state index contributed by atoms with van der Waals surface area (Å²) in [4.78, 5) is 0. The fourth-order valence-corrected chi connectivity index (χ4v) is 0.831. The number of hydrogen-bond acceptors (Lipinski definition) is 2. The van der Waals surface area contributed by atoms with E-state index in [2.05, 4.69) is 5.32 Å². The normalized spacial score (nSPS) is 21.8. The molecule has 2 nitrogen and oxygen atoms in total. The van der Waals surface area contributed by atoms with Crippen molar-refractivity contribution < 1.29 is 13.2 Å². The lowest BCUT2D eigenvalue weighted by atomic mass is 10.3. The van der Waals surface area contributed by atoms with E-state index in [0.29, 0.717) is 0 Å². The molecule has 66 valence electrons. The molecule has 0 aromatic carbocycles. The van der Waals surface area contributed by atoms with Gasteiger partial charge in [0.25, 0.3) is 0 Å². The van der Waals surface area contributed by atoms with Crippen molar-refractivity contribution in [1.29, 1.82) is 0 Å². The van der Waals surface area contributed by atoms with E-state index in [0.717, 1.165) is 12.8 Å². The van der Waals surface area contributed by atoms with Crippen LogP contribution in [0, 0.1) is 0 Å². The van der Waals surface area contributed by atoms with E-state index in [1.165, 1.54) is 0 Å². The molecule has 1 unspecified atom stereocenters. The average molecular weight is 168 g/mol. The van der Waals surface area contributed by atoms with Crippen LogP contribution in [0.2, 0.25) is 0 Å². The first kappa shape index (κ1) is 8.80. The Labute approximate surface area is 62.9 Å². The zero-order valence-electron chi connectivity index (χ0n) is 5.99. The van der Waals surface area contributed by atoms with Gasteiger partial charge in [-0.3, -0.25) is 0 Å². The molecule has 0 saturated heterocycles. The van der Waals surface area contributed by atoms with Gasteiger partial charge in [-0.15, -0.1) is 0 Å². The first-order valence-electron chi connectivity index (χ1n) is 3.57. The summed E-state index contributed by atoms with van der Waals surface area (Å²) in [5, 5.41) is 2.43. The molecule has 0 heterocycles. The Morgan fingerprint density at radius 1 is 1.45 bits per heavy atom. The highest BCUT2D eigenvalue weighted by Gasteiger charge is 2.41. The fourth-order valence-electron chi connectivity index (χ4n) is 0.831. The van der Waals surface area contributed by atoms with Gasteiger partial charge in [0.15, 0.2) is 0 Å². The second-order valence-electron chi connectivity index (χ2n) is 2.77. The molecule has 1 aliphatic rings. The third kappa shape index (κ3) is 2.67. The third-order valence-electron chi connectivity index (χ3n) is 1.65. The van der Waals surface area contributed by atoms with Gasteiger partial charge in [0.05, 0.1) is 0 Å². The summed E-state index contributed by atoms with van der Waals surface area (Å²) in [6.07, 6.45) is -2.52. The van der Waals surface area contributed by atoms with Gasteiger partial charge in [-0.2, -0.15) is 13.2 Å². The summed E-state index contributed by atoms with van der Waals surface area (Å²) in [5.41, 5.74) is 4.95. The zero-order valence-corrected chi connectivity index (χ0v) is 5.99. The van der Waals surface area contributed by atoms with Gasteiger partial charge in [0.2, 0.25) is 0 Å². The van der Waals surface area contributed by atoms with Crippen molar-refractivity contribution >= 4 is 0 Å². The Bertz CT molecular complexity index is 130. The largest absolute Gasteiger partial charge is 0.405 e. The van der Waals surface area contributed by atoms with Gasteiger partial charge in [-0.1, -0.05) is 0 Å². The van der Waals surface area contributed by atoms with Crippen LogP contribution in [0.1, 0.15) is 12.8 Å². The molecular formula is C6H11F3N2. The van der Waals surface area contributed by atoms with Crippen molar-refractivity contribution in [2.45, 2.75) is 31.1 Å². The van der Waals surface area contributed by atoms with E-state index in [1.54, 1.807) is 0 Å². The summed E-state index contributed by atoms with van der Waals surface area (Å²) in [6.45, 7) is -0.375. The van der Waals surface area contributed by atoms with Crippen molar-refractivity contribution in [3.05, 3.63) is 0 Å². The quantitative estimate of drug-likeness (QED) is 0.648. The topological polar surface area (TPSA) is 38.0 Å². The van der Waals surface area contributed by atoms with Gasteiger partial charge in [-0.05, 0) is 12.8 Å². The number of nitrogens with two attached hydrogens (primary N) is 1. The van der Waals surface area contributed by atoms with Gasteiger partial charge in [0.1, 0.15) is 6.04 Å². The van der Waals surface area contributed by atoms with E-state index in [-0.39, 0.29) is 12.6 Å². The molecule has 1 atom stereocenters. The van der Waals surface area contributed by atoms with Crippen LogP contribution in [0.15, 0.2) is 0 Å². The molecule has 1 fully saturated rings. The molecule has 3 N–H and O–H groups in total. The molecule has 11 heavy (non-hydrogen) atoms. The summed E-state index contributed by atoms with van der Waals surface area (Å²) in [6, 6.07) is -1.47. The Morgan fingerprint density at radius 2 is 2.00 bits per heavy atom. The fraction of sp³-hybridized carbons (Fsp3) is 1.00. The molecule has 1 aliphatic carbocycles. The van der Waals surface area contributed by atoms with Crippen molar-refractivity contribution in [3.63, 3.8) is 0 Å². The number of hydrogen-bond donors (Lipinski definition) is 2. The number of halogens is 3. The van der Waals surface area contributed by atoms with Crippen molar-refractivity contribution in [3.8, 4) is 0 Å². The van der Waals surface area contributed by atoms with E-state index in [4.69, 9.17) is 5.73 Å². The van der Waals surface area contributed by atoms with E-state index < -0.39 is 12.2 Å². The number of alkyl halides is 3. The van der Waals surface area contributed by atoms with Crippen LogP contribution < -0.4 is 11.1 Å². The van der Waals surface area contributed by atoms with Crippen LogP contribution in [0.25, 0.3) is 0 Å². The minimum Gasteiger partial charge on any atom is -0.329 e. The molecule has 0 spiro atoms. The molecule has 1 saturated carbocycles. The maximum atomic E-state index is 12.0. The van der Waals surface area contributed by atoms with Crippen LogP contribution in [0.3, 0.4) is 0 Å². The summed E-state index contributed by atoms with van der Waals surface area (Å²) in [5.74, 6) is 0. The summed E-state index contributed by atoms with van der Waals surface area (Å²) >= 11 is 0. The molecule has 0 aliphatic heterocycles. The predicted molar refractivity (Wildman–Crippen MR) is 35.1 cm³/mol. The lowest BCUT2D eigenvalue weighted by Crippen LogP contribution is -2.48. The van der Waals surface area contributed by atoms with Gasteiger partial charge >= 0.3 is 6.18 Å². The number of nitrogens with one attached hydrogen (secondary N) is 1. The lowest BCUT2D eigenvalue weighted by molar-refractivity contribution is -0.153. The molecule has 0 bridgehead atoms. The molecule has 0 aromatic heterocycles. The van der Waals surface area contributed by atoms with Crippen LogP contribution in [-0.2, 0) is 0 Å². The van der Waals surface area contributed by atoms with Crippen molar-refractivity contribution in [1.82, 2.24) is 5.32 Å². The smallest absolute Gasteiger partial charge is 0.329 e. The van der Waals surface area contributed by atoms with E-state index in [9.17, 15) is 13.2 Å². The van der Waals surface area contributed by atoms with E-state index >= 15 is 0 Å². The Kier molecular flexibility index (Phi) is 2.39. The average Bonchev–Trinajstić information content (AvgIpc) is 2.62. The first-order chi connectivity index (χ1) is 5.04. The molecule has 1 rings (SSSR count). The van der Waals surface area contributed by atoms with E-state index in [1.807, 2.05) is 0 Å². The molecular weight excluding hydrogens is 157 g/mol. The second kappa shape index (κ2) is 2.98. The maximum absolute atomic E-state index is 12.0.